The Morgan fingerprint density at radius 1 is 1.07 bits per heavy atom. The van der Waals surface area contributed by atoms with E-state index in [-0.39, 0.29) is 10.6 Å². The maximum absolute atomic E-state index is 13.0. The summed E-state index contributed by atoms with van der Waals surface area (Å²) in [6.07, 6.45) is 0. The molecule has 1 aromatic heterocycles. The average molecular weight is 386 g/mol. The molecule has 0 amide bonds. The van der Waals surface area contributed by atoms with E-state index in [2.05, 4.69) is 23.7 Å². The molecule has 7 heteroatoms. The van der Waals surface area contributed by atoms with Crippen LogP contribution in [0, 0.1) is 6.92 Å². The van der Waals surface area contributed by atoms with Crippen molar-refractivity contribution in [1.82, 2.24) is 5.16 Å². The number of nitrogens with one attached hydrogen (secondary N) is 1. The molecule has 1 N–H and O–H groups in total. The Balaban J connectivity index is 1.97. The first kappa shape index (κ1) is 19.0. The molecule has 6 nitrogen and oxygen atoms in total. The number of hydrogen-bond acceptors (Lipinski definition) is 5. The van der Waals surface area contributed by atoms with Crippen molar-refractivity contribution >= 4 is 15.7 Å². The number of rotatable bonds is 6. The van der Waals surface area contributed by atoms with Gasteiger partial charge in [-0.05, 0) is 48.7 Å². The van der Waals surface area contributed by atoms with Crippen LogP contribution in [-0.2, 0) is 10.0 Å². The van der Waals surface area contributed by atoms with E-state index in [1.807, 2.05) is 12.1 Å². The molecule has 0 saturated carbocycles. The standard InChI is InChI=1S/C20H22N2O4S/c1-13(2)15-5-8-17(9-6-15)22-27(23,24)20-12-16(7-10-18(20)25-4)19-11-14(3)21-26-19/h5-13,22H,1-4H3. The highest BCUT2D eigenvalue weighted by molar-refractivity contribution is 7.92. The van der Waals surface area contributed by atoms with Crippen LogP contribution in [0.2, 0.25) is 0 Å². The molecule has 0 spiro atoms. The van der Waals surface area contributed by atoms with Crippen molar-refractivity contribution in [2.75, 3.05) is 11.8 Å². The molecular weight excluding hydrogens is 364 g/mol. The van der Waals surface area contributed by atoms with Gasteiger partial charge in [-0.25, -0.2) is 8.42 Å². The lowest BCUT2D eigenvalue weighted by Gasteiger charge is -2.13. The van der Waals surface area contributed by atoms with Crippen LogP contribution in [0.4, 0.5) is 5.69 Å². The summed E-state index contributed by atoms with van der Waals surface area (Å²) in [7, 11) is -2.42. The molecule has 0 aliphatic rings. The molecule has 0 saturated heterocycles. The van der Waals surface area contributed by atoms with Crippen molar-refractivity contribution in [1.29, 1.82) is 0 Å². The number of methoxy groups -OCH3 is 1. The molecule has 0 radical (unpaired) electrons. The molecular formula is C20H22N2O4S. The SMILES string of the molecule is COc1ccc(-c2cc(C)no2)cc1S(=O)(=O)Nc1ccc(C(C)C)cc1. The summed E-state index contributed by atoms with van der Waals surface area (Å²) in [5, 5.41) is 3.85. The fourth-order valence-corrected chi connectivity index (χ4v) is 3.94. The summed E-state index contributed by atoms with van der Waals surface area (Å²) in [5.74, 6) is 1.12. The monoisotopic (exact) mass is 386 g/mol. The maximum Gasteiger partial charge on any atom is 0.265 e. The highest BCUT2D eigenvalue weighted by Gasteiger charge is 2.21. The first-order valence-corrected chi connectivity index (χ1v) is 10.0. The number of aryl methyl sites for hydroxylation is 1. The van der Waals surface area contributed by atoms with Crippen LogP contribution < -0.4 is 9.46 Å². The van der Waals surface area contributed by atoms with Gasteiger partial charge in [0.2, 0.25) is 0 Å². The molecule has 27 heavy (non-hydrogen) atoms. The molecule has 0 atom stereocenters. The lowest BCUT2D eigenvalue weighted by molar-refractivity contribution is 0.402. The number of benzene rings is 2. The van der Waals surface area contributed by atoms with Crippen LogP contribution in [0.15, 0.2) is 57.9 Å². The highest BCUT2D eigenvalue weighted by atomic mass is 32.2. The Morgan fingerprint density at radius 2 is 1.78 bits per heavy atom. The third-order valence-electron chi connectivity index (χ3n) is 4.20. The minimum Gasteiger partial charge on any atom is -0.495 e. The molecule has 0 unspecified atom stereocenters. The van der Waals surface area contributed by atoms with E-state index in [0.717, 1.165) is 5.56 Å². The molecule has 0 aliphatic carbocycles. The van der Waals surface area contributed by atoms with Crippen LogP contribution in [0.5, 0.6) is 5.75 Å². The second-order valence-electron chi connectivity index (χ2n) is 6.58. The van der Waals surface area contributed by atoms with Crippen molar-refractivity contribution in [3.05, 3.63) is 59.8 Å². The van der Waals surface area contributed by atoms with E-state index in [1.165, 1.54) is 13.2 Å². The van der Waals surface area contributed by atoms with Gasteiger partial charge in [0, 0.05) is 17.3 Å². The zero-order valence-electron chi connectivity index (χ0n) is 15.7. The van der Waals surface area contributed by atoms with Crippen LogP contribution >= 0.6 is 0 Å². The maximum atomic E-state index is 13.0. The number of ether oxygens (including phenoxy) is 1. The normalized spacial score (nSPS) is 11.6. The Labute approximate surface area is 159 Å². The molecule has 2 aromatic carbocycles. The van der Waals surface area contributed by atoms with E-state index >= 15 is 0 Å². The van der Waals surface area contributed by atoms with Crippen molar-refractivity contribution in [3.8, 4) is 17.1 Å². The van der Waals surface area contributed by atoms with Gasteiger partial charge in [0.05, 0.1) is 12.8 Å². The van der Waals surface area contributed by atoms with E-state index in [9.17, 15) is 8.42 Å². The van der Waals surface area contributed by atoms with Gasteiger partial charge < -0.3 is 9.26 Å². The van der Waals surface area contributed by atoms with Crippen LogP contribution in [0.25, 0.3) is 11.3 Å². The van der Waals surface area contributed by atoms with Crippen LogP contribution in [0.1, 0.15) is 31.0 Å². The summed E-state index contributed by atoms with van der Waals surface area (Å²) in [6, 6.07) is 13.9. The number of sulfonamides is 1. The van der Waals surface area contributed by atoms with E-state index in [4.69, 9.17) is 9.26 Å². The molecule has 142 valence electrons. The van der Waals surface area contributed by atoms with Crippen molar-refractivity contribution in [3.63, 3.8) is 0 Å². The van der Waals surface area contributed by atoms with Gasteiger partial charge in [-0.1, -0.05) is 31.1 Å². The van der Waals surface area contributed by atoms with Gasteiger partial charge in [0.25, 0.3) is 10.0 Å². The third-order valence-corrected chi connectivity index (χ3v) is 5.60. The Bertz CT molecular complexity index is 1040. The lowest BCUT2D eigenvalue weighted by atomic mass is 10.0. The summed E-state index contributed by atoms with van der Waals surface area (Å²) < 4.78 is 39.0. The third kappa shape index (κ3) is 4.14. The second-order valence-corrected chi connectivity index (χ2v) is 8.23. The van der Waals surface area contributed by atoms with Crippen LogP contribution in [0.3, 0.4) is 0 Å². The fraction of sp³-hybridized carbons (Fsp3) is 0.250. The van der Waals surface area contributed by atoms with E-state index < -0.39 is 10.0 Å². The molecule has 3 rings (SSSR count). The van der Waals surface area contributed by atoms with Gasteiger partial charge >= 0.3 is 0 Å². The number of anilines is 1. The number of nitrogens with zero attached hydrogens (tertiary/aromatic N) is 1. The predicted octanol–water partition coefficient (Wildman–Crippen LogP) is 4.58. The Kier molecular flexibility index (Phi) is 5.23. The van der Waals surface area contributed by atoms with Gasteiger partial charge in [-0.15, -0.1) is 0 Å². The minimum absolute atomic E-state index is 0.0319. The molecule has 3 aromatic rings. The summed E-state index contributed by atoms with van der Waals surface area (Å²) in [5.41, 5.74) is 2.95. The molecule has 0 fully saturated rings. The van der Waals surface area contributed by atoms with Crippen molar-refractivity contribution in [2.24, 2.45) is 0 Å². The van der Waals surface area contributed by atoms with Gasteiger partial charge in [-0.2, -0.15) is 0 Å². The minimum atomic E-state index is -3.85. The van der Waals surface area contributed by atoms with Crippen molar-refractivity contribution in [2.45, 2.75) is 31.6 Å². The molecule has 1 heterocycles. The summed E-state index contributed by atoms with van der Waals surface area (Å²) >= 11 is 0. The smallest absolute Gasteiger partial charge is 0.265 e. The van der Waals surface area contributed by atoms with Crippen molar-refractivity contribution < 1.29 is 17.7 Å². The number of aromatic nitrogens is 1. The zero-order valence-corrected chi connectivity index (χ0v) is 16.5. The lowest BCUT2D eigenvalue weighted by Crippen LogP contribution is -2.14. The second kappa shape index (κ2) is 7.44. The van der Waals surface area contributed by atoms with Gasteiger partial charge in [0.1, 0.15) is 10.6 Å². The van der Waals surface area contributed by atoms with Gasteiger partial charge in [-0.3, -0.25) is 4.72 Å². The molecule has 0 aliphatic heterocycles. The summed E-state index contributed by atoms with van der Waals surface area (Å²) in [4.78, 5) is 0.0319. The van der Waals surface area contributed by atoms with Crippen LogP contribution in [-0.4, -0.2) is 20.7 Å². The van der Waals surface area contributed by atoms with Gasteiger partial charge in [0.15, 0.2) is 5.76 Å². The predicted molar refractivity (Wildman–Crippen MR) is 105 cm³/mol. The first-order valence-electron chi connectivity index (χ1n) is 8.54. The average Bonchev–Trinajstić information content (AvgIpc) is 3.07. The summed E-state index contributed by atoms with van der Waals surface area (Å²) in [6.45, 7) is 5.97. The fourth-order valence-electron chi connectivity index (χ4n) is 2.69. The number of hydrogen-bond donors (Lipinski definition) is 1. The Morgan fingerprint density at radius 3 is 2.33 bits per heavy atom. The Hall–Kier alpha value is -2.80. The highest BCUT2D eigenvalue weighted by Crippen LogP contribution is 2.31. The topological polar surface area (TPSA) is 81.4 Å². The zero-order chi connectivity index (χ0) is 19.6. The van der Waals surface area contributed by atoms with E-state index in [1.54, 1.807) is 37.3 Å². The largest absolute Gasteiger partial charge is 0.495 e. The molecule has 0 bridgehead atoms. The quantitative estimate of drug-likeness (QED) is 0.670. The van der Waals surface area contributed by atoms with E-state index in [0.29, 0.717) is 28.6 Å². The first-order chi connectivity index (χ1) is 12.8.